The second kappa shape index (κ2) is 11.7. The molecule has 0 aliphatic heterocycles. The van der Waals surface area contributed by atoms with Crippen molar-refractivity contribution in [3.05, 3.63) is 59.4 Å². The van der Waals surface area contributed by atoms with Gasteiger partial charge in [-0.05, 0) is 62.1 Å². The van der Waals surface area contributed by atoms with Crippen LogP contribution < -0.4 is 15.4 Å². The van der Waals surface area contributed by atoms with Gasteiger partial charge in [0.15, 0.2) is 0 Å². The lowest BCUT2D eigenvalue weighted by molar-refractivity contribution is -0.116. The number of aromatic nitrogens is 1. The molecule has 198 valence electrons. The van der Waals surface area contributed by atoms with Gasteiger partial charge in [-0.25, -0.2) is 13.1 Å². The van der Waals surface area contributed by atoms with Gasteiger partial charge in [-0.2, -0.15) is 0 Å². The molecule has 0 bridgehead atoms. The lowest BCUT2D eigenvalue weighted by atomic mass is 9.80. The van der Waals surface area contributed by atoms with Crippen molar-refractivity contribution in [1.29, 1.82) is 0 Å². The summed E-state index contributed by atoms with van der Waals surface area (Å²) in [6, 6.07) is 10.2. The molecule has 0 radical (unpaired) electrons. The molecule has 4 rings (SSSR count). The molecular weight excluding hydrogens is 516 g/mol. The maximum Gasteiger partial charge on any atom is 0.241 e. The minimum absolute atomic E-state index is 0.109. The highest BCUT2D eigenvalue weighted by atomic mass is 35.5. The fourth-order valence-electron chi connectivity index (χ4n) is 4.33. The third-order valence-electron chi connectivity index (χ3n) is 6.63. The van der Waals surface area contributed by atoms with Gasteiger partial charge >= 0.3 is 0 Å². The lowest BCUT2D eigenvalue weighted by Gasteiger charge is -2.41. The number of nitrogens with zero attached hydrogens (tertiary/aromatic N) is 1. The van der Waals surface area contributed by atoms with Gasteiger partial charge < -0.3 is 20.5 Å². The molecule has 1 aliphatic carbocycles. The number of amides is 1. The molecule has 1 aliphatic rings. The number of ether oxygens (including phenoxy) is 1. The molecule has 1 saturated carbocycles. The first-order valence-corrected chi connectivity index (χ1v) is 14.0. The van der Waals surface area contributed by atoms with Gasteiger partial charge in [-0.3, -0.25) is 9.78 Å². The molecule has 1 amide bonds. The molecule has 37 heavy (non-hydrogen) atoms. The highest BCUT2D eigenvalue weighted by molar-refractivity contribution is 7.89. The first-order chi connectivity index (χ1) is 17.7. The number of hydrogen-bond donors (Lipinski definition) is 4. The Labute approximate surface area is 221 Å². The van der Waals surface area contributed by atoms with E-state index in [0.29, 0.717) is 33.7 Å². The number of sulfonamides is 1. The predicted octanol–water partition coefficient (Wildman–Crippen LogP) is 3.85. The van der Waals surface area contributed by atoms with Crippen molar-refractivity contribution in [2.45, 2.75) is 43.1 Å². The number of pyridine rings is 1. The molecule has 11 heteroatoms. The second-order valence-corrected chi connectivity index (χ2v) is 11.2. The highest BCUT2D eigenvalue weighted by Crippen LogP contribution is 2.36. The van der Waals surface area contributed by atoms with Crippen molar-refractivity contribution in [3.8, 4) is 0 Å². The van der Waals surface area contributed by atoms with E-state index in [1.807, 2.05) is 6.92 Å². The van der Waals surface area contributed by atoms with Gasteiger partial charge in [0.05, 0.1) is 23.7 Å². The summed E-state index contributed by atoms with van der Waals surface area (Å²) in [5.74, 6) is -0.169. The van der Waals surface area contributed by atoms with Crippen LogP contribution in [0.15, 0.2) is 53.7 Å². The van der Waals surface area contributed by atoms with Gasteiger partial charge in [0.1, 0.15) is 0 Å². The number of halogens is 1. The van der Waals surface area contributed by atoms with E-state index < -0.39 is 15.6 Å². The standard InChI is InChI=1S/C26H31ClN4O5S/c1-18-21(27)4-2-5-22(18)31-25(33)9-13-29-23-6-7-24(19-8-12-28-16-20(19)23)37(34,35)30-17-26(10-3-11-26)36-15-14-32/h2,4-8,12,16,29-30,32H,3,9-11,13-15,17H2,1H3,(H,31,33). The molecule has 0 unspecified atom stereocenters. The number of aliphatic hydroxyl groups is 1. The molecule has 1 fully saturated rings. The van der Waals surface area contributed by atoms with Crippen molar-refractivity contribution < 1.29 is 23.1 Å². The quantitative estimate of drug-likeness (QED) is 0.271. The topological polar surface area (TPSA) is 130 Å². The average Bonchev–Trinajstić information content (AvgIpc) is 2.86. The molecule has 0 spiro atoms. The summed E-state index contributed by atoms with van der Waals surface area (Å²) in [7, 11) is -3.84. The number of aliphatic hydroxyl groups excluding tert-OH is 1. The zero-order valence-corrected chi connectivity index (χ0v) is 22.2. The Kier molecular flexibility index (Phi) is 8.66. The van der Waals surface area contributed by atoms with Crippen molar-refractivity contribution in [2.24, 2.45) is 0 Å². The molecule has 0 atom stereocenters. The first kappa shape index (κ1) is 27.3. The van der Waals surface area contributed by atoms with Crippen molar-refractivity contribution >= 4 is 49.7 Å². The number of carbonyl (C=O) groups is 1. The maximum absolute atomic E-state index is 13.2. The first-order valence-electron chi connectivity index (χ1n) is 12.1. The lowest BCUT2D eigenvalue weighted by Crippen LogP contribution is -2.50. The van der Waals surface area contributed by atoms with E-state index in [0.717, 1.165) is 24.8 Å². The Bertz CT molecular complexity index is 1380. The summed E-state index contributed by atoms with van der Waals surface area (Å²) in [4.78, 5) is 16.7. The predicted molar refractivity (Wildman–Crippen MR) is 144 cm³/mol. The van der Waals surface area contributed by atoms with Crippen molar-refractivity contribution in [1.82, 2.24) is 9.71 Å². The van der Waals surface area contributed by atoms with Crippen LogP contribution in [0, 0.1) is 6.92 Å². The molecule has 1 heterocycles. The van der Waals surface area contributed by atoms with E-state index in [1.165, 1.54) is 0 Å². The van der Waals surface area contributed by atoms with Gasteiger partial charge in [-0.1, -0.05) is 17.7 Å². The van der Waals surface area contributed by atoms with E-state index in [1.54, 1.807) is 48.8 Å². The van der Waals surface area contributed by atoms with E-state index in [-0.39, 0.29) is 37.0 Å². The largest absolute Gasteiger partial charge is 0.394 e. The zero-order chi connectivity index (χ0) is 26.5. The Hall–Kier alpha value is -2.76. The number of nitrogens with one attached hydrogen (secondary N) is 3. The molecular formula is C26H31ClN4O5S. The molecule has 0 saturated heterocycles. The fraction of sp³-hybridized carbons (Fsp3) is 0.385. The Morgan fingerprint density at radius 1 is 1.16 bits per heavy atom. The van der Waals surface area contributed by atoms with Crippen LogP contribution in [0.25, 0.3) is 10.8 Å². The van der Waals surface area contributed by atoms with Gasteiger partial charge in [-0.15, -0.1) is 0 Å². The van der Waals surface area contributed by atoms with Crippen LogP contribution in [0.5, 0.6) is 0 Å². The summed E-state index contributed by atoms with van der Waals surface area (Å²) in [5.41, 5.74) is 1.57. The average molecular weight is 547 g/mol. The summed E-state index contributed by atoms with van der Waals surface area (Å²) in [6.45, 7) is 2.39. The van der Waals surface area contributed by atoms with Crippen LogP contribution in [0.2, 0.25) is 5.02 Å². The van der Waals surface area contributed by atoms with Gasteiger partial charge in [0, 0.05) is 59.1 Å². The van der Waals surface area contributed by atoms with Crippen molar-refractivity contribution in [3.63, 3.8) is 0 Å². The Balaban J connectivity index is 1.43. The van der Waals surface area contributed by atoms with E-state index in [2.05, 4.69) is 20.3 Å². The molecule has 2 aromatic carbocycles. The van der Waals surface area contributed by atoms with Gasteiger partial charge in [0.25, 0.3) is 0 Å². The smallest absolute Gasteiger partial charge is 0.241 e. The SMILES string of the molecule is Cc1c(Cl)cccc1NC(=O)CCNc1ccc(S(=O)(=O)NCC2(OCCO)CCC2)c2ccncc12. The van der Waals surface area contributed by atoms with E-state index >= 15 is 0 Å². The monoisotopic (exact) mass is 546 g/mol. The second-order valence-electron chi connectivity index (χ2n) is 9.10. The number of hydrogen-bond acceptors (Lipinski definition) is 7. The minimum atomic E-state index is -3.84. The number of fused-ring (bicyclic) bond motifs is 1. The van der Waals surface area contributed by atoms with Crippen LogP contribution in [0.1, 0.15) is 31.2 Å². The van der Waals surface area contributed by atoms with Gasteiger partial charge in [0.2, 0.25) is 15.9 Å². The summed E-state index contributed by atoms with van der Waals surface area (Å²) >= 11 is 6.12. The Morgan fingerprint density at radius 2 is 1.97 bits per heavy atom. The van der Waals surface area contributed by atoms with E-state index in [9.17, 15) is 13.2 Å². The van der Waals surface area contributed by atoms with Crippen LogP contribution in [-0.2, 0) is 19.6 Å². The number of rotatable bonds is 12. The molecule has 4 N–H and O–H groups in total. The maximum atomic E-state index is 13.2. The fourth-order valence-corrected chi connectivity index (χ4v) is 5.82. The van der Waals surface area contributed by atoms with Crippen LogP contribution >= 0.6 is 11.6 Å². The van der Waals surface area contributed by atoms with Crippen LogP contribution in [0.4, 0.5) is 11.4 Å². The third-order valence-corrected chi connectivity index (χ3v) is 8.49. The van der Waals surface area contributed by atoms with Crippen molar-refractivity contribution in [2.75, 3.05) is 36.9 Å². The number of benzene rings is 2. The number of carbonyl (C=O) groups excluding carboxylic acids is 1. The molecule has 3 aromatic rings. The highest BCUT2D eigenvalue weighted by Gasteiger charge is 2.39. The van der Waals surface area contributed by atoms with E-state index in [4.69, 9.17) is 21.4 Å². The zero-order valence-electron chi connectivity index (χ0n) is 20.6. The summed E-state index contributed by atoms with van der Waals surface area (Å²) < 4.78 is 34.9. The molecule has 9 nitrogen and oxygen atoms in total. The number of anilines is 2. The summed E-state index contributed by atoms with van der Waals surface area (Å²) in [5, 5.41) is 16.9. The third kappa shape index (κ3) is 6.39. The molecule has 1 aromatic heterocycles. The normalized spacial score (nSPS) is 14.8. The Morgan fingerprint density at radius 3 is 2.70 bits per heavy atom. The van der Waals surface area contributed by atoms with Crippen LogP contribution in [0.3, 0.4) is 0 Å². The minimum Gasteiger partial charge on any atom is -0.394 e. The van der Waals surface area contributed by atoms with Crippen LogP contribution in [-0.4, -0.2) is 56.3 Å². The summed E-state index contributed by atoms with van der Waals surface area (Å²) in [6.07, 6.45) is 5.79.